The van der Waals surface area contributed by atoms with Crippen molar-refractivity contribution >= 4 is 21.8 Å². The van der Waals surface area contributed by atoms with Gasteiger partial charge >= 0.3 is 0 Å². The van der Waals surface area contributed by atoms with Crippen molar-refractivity contribution in [2.45, 2.75) is 38.1 Å². The highest BCUT2D eigenvalue weighted by Crippen LogP contribution is 2.56. The molecule has 1 saturated heterocycles. The van der Waals surface area contributed by atoms with Gasteiger partial charge in [0.15, 0.2) is 0 Å². The van der Waals surface area contributed by atoms with Gasteiger partial charge in [-0.25, -0.2) is 13.1 Å². The summed E-state index contributed by atoms with van der Waals surface area (Å²) in [5.41, 5.74) is 5.52. The van der Waals surface area contributed by atoms with Crippen LogP contribution in [0.4, 0.5) is 0 Å². The number of hydrogen-bond donors (Lipinski definition) is 4. The van der Waals surface area contributed by atoms with E-state index in [9.17, 15) is 13.2 Å². The Morgan fingerprint density at radius 3 is 2.81 bits per heavy atom. The highest BCUT2D eigenvalue weighted by molar-refractivity contribution is 7.70. The normalized spacial score (nSPS) is 20.0. The summed E-state index contributed by atoms with van der Waals surface area (Å²) in [6, 6.07) is 8.69. The molecule has 1 atom stereocenters. The van der Waals surface area contributed by atoms with Crippen molar-refractivity contribution in [2.24, 2.45) is 12.5 Å². The van der Waals surface area contributed by atoms with Crippen LogP contribution in [-0.4, -0.2) is 31.1 Å². The summed E-state index contributed by atoms with van der Waals surface area (Å²) in [6.07, 6.45) is 9.37. The Balaban J connectivity index is 1.61. The quantitative estimate of drug-likeness (QED) is 0.443. The van der Waals surface area contributed by atoms with Gasteiger partial charge < -0.3 is 14.9 Å². The smallest absolute Gasteiger partial charge is 0.274 e. The van der Waals surface area contributed by atoms with E-state index < -0.39 is 10.9 Å². The molecule has 1 aliphatic carbocycles. The molecule has 7 nitrogen and oxygen atoms in total. The predicted octanol–water partition coefficient (Wildman–Crippen LogP) is 2.40. The SMILES string of the molecule is Cn1cc(-c2cc(CCN[SH](=O)=O)ccc2C2CC3(CCN2)CC3)c2cc[nH]c2c1=O. The predicted molar refractivity (Wildman–Crippen MR) is 123 cm³/mol. The van der Waals surface area contributed by atoms with Gasteiger partial charge in [0.25, 0.3) is 5.56 Å². The lowest BCUT2D eigenvalue weighted by molar-refractivity contribution is 0.286. The molecule has 31 heavy (non-hydrogen) atoms. The highest BCUT2D eigenvalue weighted by Gasteiger charge is 2.46. The topological polar surface area (TPSA) is 96.0 Å². The lowest BCUT2D eigenvalue weighted by atomic mass is 9.82. The maximum atomic E-state index is 12.6. The zero-order valence-corrected chi connectivity index (χ0v) is 18.5. The Morgan fingerprint density at radius 1 is 1.19 bits per heavy atom. The third-order valence-electron chi connectivity index (χ3n) is 6.97. The second kappa shape index (κ2) is 7.93. The Hall–Kier alpha value is -2.42. The number of aryl methyl sites for hydroxylation is 1. The number of benzene rings is 1. The monoisotopic (exact) mass is 440 g/mol. The number of rotatable bonds is 6. The first-order valence-corrected chi connectivity index (χ1v) is 12.0. The van der Waals surface area contributed by atoms with Gasteiger partial charge in [0.1, 0.15) is 5.52 Å². The van der Waals surface area contributed by atoms with Gasteiger partial charge in [0.05, 0.1) is 0 Å². The molecular weight excluding hydrogens is 412 g/mol. The number of thiol groups is 1. The van der Waals surface area contributed by atoms with Crippen LogP contribution in [0.3, 0.4) is 0 Å². The molecule has 0 bridgehead atoms. The summed E-state index contributed by atoms with van der Waals surface area (Å²) in [5, 5.41) is 4.63. The Kier molecular flexibility index (Phi) is 5.24. The number of aromatic amines is 1. The second-order valence-corrected chi connectivity index (χ2v) is 9.85. The molecule has 0 amide bonds. The molecule has 5 rings (SSSR count). The minimum atomic E-state index is -2.60. The summed E-state index contributed by atoms with van der Waals surface area (Å²) < 4.78 is 25.9. The lowest BCUT2D eigenvalue weighted by Crippen LogP contribution is -2.33. The van der Waals surface area contributed by atoms with Crippen LogP contribution >= 0.6 is 0 Å². The molecule has 1 aromatic carbocycles. The third-order valence-corrected chi connectivity index (χ3v) is 7.45. The van der Waals surface area contributed by atoms with E-state index in [1.807, 2.05) is 18.5 Å². The van der Waals surface area contributed by atoms with E-state index in [0.717, 1.165) is 35.0 Å². The molecule has 1 unspecified atom stereocenters. The fourth-order valence-corrected chi connectivity index (χ4v) is 5.34. The molecule has 1 spiro atoms. The molecule has 2 fully saturated rings. The zero-order chi connectivity index (χ0) is 21.6. The van der Waals surface area contributed by atoms with Gasteiger partial charge in [-0.2, -0.15) is 0 Å². The second-order valence-electron chi connectivity index (χ2n) is 9.02. The van der Waals surface area contributed by atoms with E-state index in [1.54, 1.807) is 11.6 Å². The summed E-state index contributed by atoms with van der Waals surface area (Å²) in [7, 11) is -0.816. The fourth-order valence-electron chi connectivity index (χ4n) is 5.04. The van der Waals surface area contributed by atoms with Crippen LogP contribution in [-0.2, 0) is 24.4 Å². The van der Waals surface area contributed by atoms with Gasteiger partial charge in [-0.1, -0.05) is 18.2 Å². The van der Waals surface area contributed by atoms with E-state index in [0.29, 0.717) is 23.9 Å². The number of piperidine rings is 1. The minimum absolute atomic E-state index is 0.0439. The standard InChI is InChI=1S/C23H28N4O3S/c1-27-14-19(17-5-9-25-21(17)22(27)28)18-12-15(4-10-26-31(29)30)2-3-16(18)20-13-23(6-7-23)8-11-24-20/h2-3,5,9,12,14,20,24-25,31H,4,6-8,10-11,13H2,1H3,(H,26,29,30). The first-order valence-electron chi connectivity index (χ1n) is 10.9. The number of aromatic nitrogens is 2. The zero-order valence-electron chi connectivity index (χ0n) is 17.6. The lowest BCUT2D eigenvalue weighted by Gasteiger charge is -2.32. The van der Waals surface area contributed by atoms with Crippen molar-refractivity contribution in [3.8, 4) is 11.1 Å². The molecule has 3 aromatic rings. The summed E-state index contributed by atoms with van der Waals surface area (Å²) in [4.78, 5) is 15.7. The van der Waals surface area contributed by atoms with Crippen molar-refractivity contribution in [3.63, 3.8) is 0 Å². The Morgan fingerprint density at radius 2 is 2.03 bits per heavy atom. The maximum Gasteiger partial charge on any atom is 0.274 e. The van der Waals surface area contributed by atoms with Crippen molar-refractivity contribution in [3.05, 3.63) is 58.1 Å². The average molecular weight is 441 g/mol. The number of nitrogens with one attached hydrogen (secondary N) is 3. The molecule has 2 aliphatic rings. The Bertz CT molecular complexity index is 1260. The van der Waals surface area contributed by atoms with Crippen molar-refractivity contribution in [1.82, 2.24) is 19.6 Å². The van der Waals surface area contributed by atoms with Crippen molar-refractivity contribution in [1.29, 1.82) is 0 Å². The molecule has 1 saturated carbocycles. The molecule has 0 radical (unpaired) electrons. The van der Waals surface area contributed by atoms with Gasteiger partial charge in [0, 0.05) is 43.0 Å². The number of H-pyrrole nitrogens is 1. The average Bonchev–Trinajstić information content (AvgIpc) is 3.30. The Labute approximate surface area is 183 Å². The molecule has 8 heteroatoms. The van der Waals surface area contributed by atoms with E-state index >= 15 is 0 Å². The number of nitrogens with zero attached hydrogens (tertiary/aromatic N) is 1. The molecule has 164 valence electrons. The van der Waals surface area contributed by atoms with Crippen molar-refractivity contribution in [2.75, 3.05) is 13.1 Å². The van der Waals surface area contributed by atoms with Crippen LogP contribution < -0.4 is 15.6 Å². The summed E-state index contributed by atoms with van der Waals surface area (Å²) >= 11 is 0. The number of pyridine rings is 1. The molecular formula is C23H28N4O3S. The van der Waals surface area contributed by atoms with E-state index in [2.05, 4.69) is 33.2 Å². The van der Waals surface area contributed by atoms with Crippen LogP contribution in [0.15, 0.2) is 41.5 Å². The molecule has 1 aliphatic heterocycles. The van der Waals surface area contributed by atoms with Gasteiger partial charge in [0.2, 0.25) is 10.9 Å². The minimum Gasteiger partial charge on any atom is -0.357 e. The molecule has 3 heterocycles. The maximum absolute atomic E-state index is 12.6. The van der Waals surface area contributed by atoms with Gasteiger partial charge in [-0.3, -0.25) is 4.79 Å². The summed E-state index contributed by atoms with van der Waals surface area (Å²) in [6.45, 7) is 1.40. The van der Waals surface area contributed by atoms with E-state index in [-0.39, 0.29) is 11.6 Å². The molecule has 3 N–H and O–H groups in total. The van der Waals surface area contributed by atoms with Crippen LogP contribution in [0, 0.1) is 5.41 Å². The summed E-state index contributed by atoms with van der Waals surface area (Å²) in [5.74, 6) is 0. The largest absolute Gasteiger partial charge is 0.357 e. The fraction of sp³-hybridized carbons (Fsp3) is 0.435. The highest BCUT2D eigenvalue weighted by atomic mass is 32.2. The van der Waals surface area contributed by atoms with E-state index in [4.69, 9.17) is 0 Å². The van der Waals surface area contributed by atoms with Crippen molar-refractivity contribution < 1.29 is 8.42 Å². The van der Waals surface area contributed by atoms with Gasteiger partial charge in [-0.05, 0) is 66.8 Å². The van der Waals surface area contributed by atoms with Crippen LogP contribution in [0.1, 0.15) is 42.9 Å². The van der Waals surface area contributed by atoms with E-state index in [1.165, 1.54) is 24.8 Å². The third kappa shape index (κ3) is 3.95. The number of fused-ring (bicyclic) bond motifs is 1. The van der Waals surface area contributed by atoms with Crippen LogP contribution in [0.25, 0.3) is 22.0 Å². The first kappa shape index (κ1) is 20.5. The first-order chi connectivity index (χ1) is 15.0. The van der Waals surface area contributed by atoms with Crippen LogP contribution in [0.5, 0.6) is 0 Å². The van der Waals surface area contributed by atoms with Gasteiger partial charge in [-0.15, -0.1) is 0 Å². The number of hydrogen-bond acceptors (Lipinski definition) is 4. The molecule has 2 aromatic heterocycles. The van der Waals surface area contributed by atoms with Crippen LogP contribution in [0.2, 0.25) is 0 Å².